The molecule has 0 spiro atoms. The summed E-state index contributed by atoms with van der Waals surface area (Å²) < 4.78 is 62.3. The van der Waals surface area contributed by atoms with E-state index in [4.69, 9.17) is 18.9 Å². The quantitative estimate of drug-likeness (QED) is 0.325. The third kappa shape index (κ3) is 3.81. The van der Waals surface area contributed by atoms with Crippen LogP contribution in [0.25, 0.3) is 21.9 Å². The minimum Gasteiger partial charge on any atom is -0.493 e. The lowest BCUT2D eigenvalue weighted by Crippen LogP contribution is -2.45. The molecular formula is C28H23F3N4O5. The van der Waals surface area contributed by atoms with Gasteiger partial charge in [-0.15, -0.1) is 0 Å². The van der Waals surface area contributed by atoms with Crippen molar-refractivity contribution in [3.63, 3.8) is 0 Å². The highest BCUT2D eigenvalue weighted by atomic mass is 19.4. The third-order valence-electron chi connectivity index (χ3n) is 7.10. The lowest BCUT2D eigenvalue weighted by atomic mass is 9.87. The van der Waals surface area contributed by atoms with Gasteiger partial charge in [0.1, 0.15) is 6.17 Å². The molecule has 1 unspecified atom stereocenters. The van der Waals surface area contributed by atoms with Gasteiger partial charge in [0, 0.05) is 30.5 Å². The minimum absolute atomic E-state index is 0.0607. The maximum absolute atomic E-state index is 13.3. The molecule has 1 amide bonds. The van der Waals surface area contributed by atoms with Crippen molar-refractivity contribution in [2.24, 2.45) is 0 Å². The van der Waals surface area contributed by atoms with Crippen molar-refractivity contribution in [2.75, 3.05) is 37.9 Å². The molecule has 0 N–H and O–H groups in total. The van der Waals surface area contributed by atoms with E-state index < -0.39 is 23.9 Å². The first-order valence-corrected chi connectivity index (χ1v) is 12.2. The number of aromatic nitrogens is 2. The van der Waals surface area contributed by atoms with E-state index in [-0.39, 0.29) is 12.6 Å². The van der Waals surface area contributed by atoms with Crippen molar-refractivity contribution in [1.82, 2.24) is 9.97 Å². The van der Waals surface area contributed by atoms with Gasteiger partial charge in [0.2, 0.25) is 12.7 Å². The molecule has 1 aromatic heterocycles. The molecule has 1 atom stereocenters. The van der Waals surface area contributed by atoms with Gasteiger partial charge in [0.15, 0.2) is 34.5 Å². The van der Waals surface area contributed by atoms with E-state index >= 15 is 0 Å². The van der Waals surface area contributed by atoms with Gasteiger partial charge >= 0.3 is 6.18 Å². The number of methoxy groups -OCH3 is 2. The topological polar surface area (TPSA) is 86.3 Å². The zero-order chi connectivity index (χ0) is 28.3. The van der Waals surface area contributed by atoms with Gasteiger partial charge in [0.25, 0.3) is 0 Å². The number of fused-ring (bicyclic) bond motifs is 6. The molecule has 12 heteroatoms. The van der Waals surface area contributed by atoms with Gasteiger partial charge in [-0.1, -0.05) is 12.1 Å². The van der Waals surface area contributed by atoms with E-state index in [0.29, 0.717) is 34.8 Å². The Morgan fingerprint density at radius 2 is 1.75 bits per heavy atom. The molecule has 9 nitrogen and oxygen atoms in total. The van der Waals surface area contributed by atoms with Crippen LogP contribution >= 0.6 is 0 Å². The molecule has 40 heavy (non-hydrogen) atoms. The number of alkyl halides is 3. The predicted octanol–water partition coefficient (Wildman–Crippen LogP) is 5.56. The maximum Gasteiger partial charge on any atom is 0.434 e. The van der Waals surface area contributed by atoms with Crippen molar-refractivity contribution < 1.29 is 36.9 Å². The van der Waals surface area contributed by atoms with Gasteiger partial charge in [-0.3, -0.25) is 9.69 Å². The molecule has 2 aliphatic heterocycles. The van der Waals surface area contributed by atoms with Crippen LogP contribution in [0.3, 0.4) is 0 Å². The van der Waals surface area contributed by atoms with Crippen LogP contribution < -0.4 is 28.7 Å². The standard InChI is InChI=1S/C28H23F3N4O5/c1-14(36)35(23-12-32-22(11-33-23)28(29,30)31)27-24-16(7-8-19(37-3)26(24)38-4)17-6-5-15-9-20-21(40-13-39-20)10-18(15)25(17)34(27)2/h5-12,27H,13H2,1-4H3. The van der Waals surface area contributed by atoms with Crippen molar-refractivity contribution >= 4 is 28.2 Å². The molecule has 0 aliphatic carbocycles. The maximum atomic E-state index is 13.3. The zero-order valence-corrected chi connectivity index (χ0v) is 21.9. The van der Waals surface area contributed by atoms with Crippen molar-refractivity contribution in [3.05, 3.63) is 60.0 Å². The first kappa shape index (κ1) is 25.5. The summed E-state index contributed by atoms with van der Waals surface area (Å²) in [5.41, 5.74) is 1.79. The number of amides is 1. The fourth-order valence-corrected chi connectivity index (χ4v) is 5.41. The highest BCUT2D eigenvalue weighted by Crippen LogP contribution is 2.54. The molecule has 6 rings (SSSR count). The lowest BCUT2D eigenvalue weighted by Gasteiger charge is -2.44. The summed E-state index contributed by atoms with van der Waals surface area (Å²) in [7, 11) is 4.78. The predicted molar refractivity (Wildman–Crippen MR) is 140 cm³/mol. The van der Waals surface area contributed by atoms with E-state index in [2.05, 4.69) is 9.97 Å². The lowest BCUT2D eigenvalue weighted by molar-refractivity contribution is -0.141. The number of hydrogen-bond acceptors (Lipinski definition) is 8. The van der Waals surface area contributed by atoms with Crippen molar-refractivity contribution in [3.8, 4) is 34.1 Å². The molecule has 0 radical (unpaired) electrons. The second-order valence-electron chi connectivity index (χ2n) is 9.28. The van der Waals surface area contributed by atoms with Crippen molar-refractivity contribution in [1.29, 1.82) is 0 Å². The van der Waals surface area contributed by atoms with E-state index in [1.54, 1.807) is 13.1 Å². The van der Waals surface area contributed by atoms with E-state index in [1.165, 1.54) is 26.0 Å². The summed E-state index contributed by atoms with van der Waals surface area (Å²) in [5.74, 6) is 1.48. The van der Waals surface area contributed by atoms with Crippen LogP contribution in [0.15, 0.2) is 48.8 Å². The Morgan fingerprint density at radius 3 is 2.38 bits per heavy atom. The molecule has 206 valence electrons. The fourth-order valence-electron chi connectivity index (χ4n) is 5.41. The average Bonchev–Trinajstić information content (AvgIpc) is 3.39. The molecule has 0 saturated heterocycles. The second-order valence-corrected chi connectivity index (χ2v) is 9.28. The van der Waals surface area contributed by atoms with Crippen LogP contribution in [-0.2, 0) is 11.0 Å². The Bertz CT molecular complexity index is 1660. The molecule has 3 aromatic carbocycles. The van der Waals surface area contributed by atoms with Gasteiger partial charge in [-0.25, -0.2) is 9.97 Å². The normalized spacial score (nSPS) is 15.5. The monoisotopic (exact) mass is 552 g/mol. The van der Waals surface area contributed by atoms with Gasteiger partial charge in [-0.05, 0) is 35.2 Å². The van der Waals surface area contributed by atoms with Gasteiger partial charge < -0.3 is 23.8 Å². The van der Waals surface area contributed by atoms with E-state index in [0.717, 1.165) is 33.8 Å². The van der Waals surface area contributed by atoms with Crippen LogP contribution in [0.1, 0.15) is 24.3 Å². The van der Waals surface area contributed by atoms with Crippen LogP contribution in [-0.4, -0.2) is 43.9 Å². The fraction of sp³-hybridized carbons (Fsp3) is 0.250. The first-order chi connectivity index (χ1) is 19.1. The summed E-state index contributed by atoms with van der Waals surface area (Å²) in [4.78, 5) is 24.0. The average molecular weight is 553 g/mol. The van der Waals surface area contributed by atoms with Crippen LogP contribution in [0, 0.1) is 0 Å². The molecule has 3 heterocycles. The zero-order valence-electron chi connectivity index (χ0n) is 21.9. The summed E-state index contributed by atoms with van der Waals surface area (Å²) in [6.45, 7) is 1.42. The van der Waals surface area contributed by atoms with Crippen LogP contribution in [0.5, 0.6) is 23.0 Å². The number of benzene rings is 3. The smallest absolute Gasteiger partial charge is 0.434 e. The minimum atomic E-state index is -4.68. The summed E-state index contributed by atoms with van der Waals surface area (Å²) in [6, 6.07) is 11.3. The molecular weight excluding hydrogens is 529 g/mol. The first-order valence-electron chi connectivity index (χ1n) is 12.2. The Kier molecular flexibility index (Phi) is 5.86. The van der Waals surface area contributed by atoms with E-state index in [9.17, 15) is 18.0 Å². The molecule has 2 aliphatic rings. The molecule has 0 saturated carbocycles. The number of halogens is 3. The number of nitrogens with zero attached hydrogens (tertiary/aromatic N) is 4. The number of anilines is 2. The van der Waals surface area contributed by atoms with Gasteiger partial charge in [-0.2, -0.15) is 13.2 Å². The number of hydrogen-bond donors (Lipinski definition) is 0. The highest BCUT2D eigenvalue weighted by Gasteiger charge is 2.41. The summed E-state index contributed by atoms with van der Waals surface area (Å²) >= 11 is 0. The Morgan fingerprint density at radius 1 is 1.02 bits per heavy atom. The summed E-state index contributed by atoms with van der Waals surface area (Å²) in [5, 5.41) is 1.71. The number of ether oxygens (including phenoxy) is 4. The Hall–Kier alpha value is -4.74. The Labute approximate surface area is 226 Å². The molecule has 0 bridgehead atoms. The van der Waals surface area contributed by atoms with Gasteiger partial charge in [0.05, 0.1) is 32.3 Å². The van der Waals surface area contributed by atoms with Crippen molar-refractivity contribution in [2.45, 2.75) is 19.3 Å². The molecule has 0 fully saturated rings. The SMILES string of the molecule is COc1ccc2c(c1OC)C(N(C(C)=O)c1cnc(C(F)(F)F)cn1)N(C)c1c-2ccc2cc3c(cc12)OCO3. The number of carbonyl (C=O) groups is 1. The Balaban J connectivity index is 1.63. The largest absolute Gasteiger partial charge is 0.493 e. The van der Waals surface area contributed by atoms with E-state index in [1.807, 2.05) is 35.2 Å². The second kappa shape index (κ2) is 9.18. The van der Waals surface area contributed by atoms with Crippen LogP contribution in [0.4, 0.5) is 24.7 Å². The third-order valence-corrected chi connectivity index (χ3v) is 7.10. The summed E-state index contributed by atoms with van der Waals surface area (Å²) in [6.07, 6.45) is -4.02. The number of carbonyl (C=O) groups excluding carboxylic acids is 1. The highest BCUT2D eigenvalue weighted by molar-refractivity contribution is 6.07. The van der Waals surface area contributed by atoms with Crippen LogP contribution in [0.2, 0.25) is 0 Å². The number of rotatable bonds is 4. The molecule has 4 aromatic rings.